The molecular weight excluding hydrogens is 294 g/mol. The highest BCUT2D eigenvalue weighted by Crippen LogP contribution is 2.35. The van der Waals surface area contributed by atoms with Crippen molar-refractivity contribution in [2.75, 3.05) is 0 Å². The fourth-order valence-corrected chi connectivity index (χ4v) is 3.12. The lowest BCUT2D eigenvalue weighted by atomic mass is 9.85. The van der Waals surface area contributed by atoms with Gasteiger partial charge in [0.15, 0.2) is 0 Å². The molecule has 0 aromatic heterocycles. The molecule has 2 heteroatoms. The van der Waals surface area contributed by atoms with Crippen molar-refractivity contribution in [2.24, 2.45) is 10.9 Å². The van der Waals surface area contributed by atoms with Gasteiger partial charge in [0.1, 0.15) is 5.75 Å². The van der Waals surface area contributed by atoms with Crippen molar-refractivity contribution in [3.8, 4) is 5.75 Å². The molecule has 0 radical (unpaired) electrons. The topological polar surface area (TPSA) is 21.6 Å². The third-order valence-corrected chi connectivity index (χ3v) is 5.10. The highest BCUT2D eigenvalue weighted by molar-refractivity contribution is 5.84. The molecule has 134 valence electrons. The Kier molecular flexibility index (Phi) is 6.48. The van der Waals surface area contributed by atoms with Crippen molar-refractivity contribution in [3.63, 3.8) is 0 Å². The molecule has 0 unspecified atom stereocenters. The number of rotatable bonds is 5. The largest absolute Gasteiger partial charge is 0.489 e. The molecule has 1 aliphatic rings. The molecule has 0 aliphatic heterocycles. The van der Waals surface area contributed by atoms with E-state index in [1.165, 1.54) is 37.7 Å². The van der Waals surface area contributed by atoms with Gasteiger partial charge in [0, 0.05) is 23.4 Å². The van der Waals surface area contributed by atoms with Crippen LogP contribution in [0.15, 0.2) is 23.2 Å². The predicted molar refractivity (Wildman–Crippen MR) is 105 cm³/mol. The van der Waals surface area contributed by atoms with E-state index in [1.54, 1.807) is 0 Å². The van der Waals surface area contributed by atoms with Crippen LogP contribution in [0.5, 0.6) is 5.75 Å². The fraction of sp³-hybridized carbons (Fsp3) is 0.682. The average molecular weight is 330 g/mol. The Hall–Kier alpha value is -1.31. The summed E-state index contributed by atoms with van der Waals surface area (Å²) in [5.41, 5.74) is 2.45. The fourth-order valence-electron chi connectivity index (χ4n) is 3.12. The van der Waals surface area contributed by atoms with Crippen LogP contribution < -0.4 is 4.74 Å². The normalized spacial score (nSPS) is 18.3. The number of hydrogen-bond acceptors (Lipinski definition) is 2. The van der Waals surface area contributed by atoms with E-state index < -0.39 is 0 Å². The zero-order valence-electron chi connectivity index (χ0n) is 16.4. The quantitative estimate of drug-likeness (QED) is 0.593. The molecule has 0 bridgehead atoms. The number of nitrogens with zero attached hydrogens (tertiary/aromatic N) is 1. The van der Waals surface area contributed by atoms with Crippen LogP contribution in [0.25, 0.3) is 0 Å². The van der Waals surface area contributed by atoms with Crippen molar-refractivity contribution in [3.05, 3.63) is 29.3 Å². The summed E-state index contributed by atoms with van der Waals surface area (Å²) in [5.74, 6) is 1.51. The van der Waals surface area contributed by atoms with E-state index in [-0.39, 0.29) is 11.5 Å². The Balaban J connectivity index is 2.33. The molecule has 1 aromatic rings. The minimum Gasteiger partial charge on any atom is -0.489 e. The molecule has 2 nitrogen and oxygen atoms in total. The Morgan fingerprint density at radius 2 is 1.75 bits per heavy atom. The predicted octanol–water partition coefficient (Wildman–Crippen LogP) is 6.16. The molecular formula is C22H35NO. The smallest absolute Gasteiger partial charge is 0.132 e. The van der Waals surface area contributed by atoms with Gasteiger partial charge >= 0.3 is 0 Å². The van der Waals surface area contributed by atoms with Gasteiger partial charge in [-0.05, 0) is 37.2 Å². The van der Waals surface area contributed by atoms with E-state index in [9.17, 15) is 0 Å². The SMILES string of the molecule is CC(C)[C@@H](C)Oc1c(C=NC2CCCCC2)cccc1C(C)(C)C. The van der Waals surface area contributed by atoms with Crippen LogP contribution in [0.1, 0.15) is 84.8 Å². The van der Waals surface area contributed by atoms with Crippen molar-refractivity contribution in [1.82, 2.24) is 0 Å². The molecule has 1 atom stereocenters. The van der Waals surface area contributed by atoms with E-state index in [4.69, 9.17) is 9.73 Å². The molecule has 0 N–H and O–H groups in total. The molecule has 0 amide bonds. The van der Waals surface area contributed by atoms with Crippen LogP contribution in [0.2, 0.25) is 0 Å². The lowest BCUT2D eigenvalue weighted by Gasteiger charge is -2.27. The number of benzene rings is 1. The van der Waals surface area contributed by atoms with E-state index in [0.29, 0.717) is 12.0 Å². The summed E-state index contributed by atoms with van der Waals surface area (Å²) in [6.45, 7) is 13.3. The minimum absolute atomic E-state index is 0.0563. The zero-order chi connectivity index (χ0) is 17.7. The third kappa shape index (κ3) is 5.09. The van der Waals surface area contributed by atoms with Crippen molar-refractivity contribution < 1.29 is 4.74 Å². The summed E-state index contributed by atoms with van der Waals surface area (Å²) < 4.78 is 6.41. The van der Waals surface area contributed by atoms with E-state index in [1.807, 2.05) is 0 Å². The van der Waals surface area contributed by atoms with Crippen LogP contribution in [-0.4, -0.2) is 18.4 Å². The van der Waals surface area contributed by atoms with Gasteiger partial charge in [-0.3, -0.25) is 4.99 Å². The molecule has 24 heavy (non-hydrogen) atoms. The molecule has 1 aliphatic carbocycles. The van der Waals surface area contributed by atoms with Crippen LogP contribution in [0.3, 0.4) is 0 Å². The number of para-hydroxylation sites is 1. The average Bonchev–Trinajstić information content (AvgIpc) is 2.53. The summed E-state index contributed by atoms with van der Waals surface area (Å²) in [4.78, 5) is 4.88. The van der Waals surface area contributed by atoms with E-state index in [0.717, 1.165) is 11.3 Å². The van der Waals surface area contributed by atoms with Gasteiger partial charge in [0.25, 0.3) is 0 Å². The van der Waals surface area contributed by atoms with Crippen LogP contribution >= 0.6 is 0 Å². The van der Waals surface area contributed by atoms with Gasteiger partial charge in [-0.25, -0.2) is 0 Å². The van der Waals surface area contributed by atoms with Gasteiger partial charge in [-0.15, -0.1) is 0 Å². The lowest BCUT2D eigenvalue weighted by Crippen LogP contribution is -2.23. The lowest BCUT2D eigenvalue weighted by molar-refractivity contribution is 0.166. The van der Waals surface area contributed by atoms with Crippen molar-refractivity contribution in [1.29, 1.82) is 0 Å². The Labute approximate surface area is 148 Å². The molecule has 0 heterocycles. The van der Waals surface area contributed by atoms with Crippen molar-refractivity contribution in [2.45, 2.75) is 91.2 Å². The summed E-state index contributed by atoms with van der Waals surface area (Å²) in [7, 11) is 0. The van der Waals surface area contributed by atoms with Gasteiger partial charge < -0.3 is 4.74 Å². The van der Waals surface area contributed by atoms with Crippen LogP contribution in [-0.2, 0) is 5.41 Å². The Morgan fingerprint density at radius 1 is 1.08 bits per heavy atom. The maximum absolute atomic E-state index is 6.41. The van der Waals surface area contributed by atoms with Gasteiger partial charge in [-0.1, -0.05) is 66.0 Å². The monoisotopic (exact) mass is 329 g/mol. The first kappa shape index (κ1) is 19.0. The second-order valence-electron chi connectivity index (χ2n) is 8.61. The zero-order valence-corrected chi connectivity index (χ0v) is 16.4. The summed E-state index contributed by atoms with van der Waals surface area (Å²) in [6.07, 6.45) is 8.71. The molecule has 1 fully saturated rings. The van der Waals surface area contributed by atoms with Crippen LogP contribution in [0.4, 0.5) is 0 Å². The highest BCUT2D eigenvalue weighted by atomic mass is 16.5. The first-order valence-electron chi connectivity index (χ1n) is 9.62. The number of hydrogen-bond donors (Lipinski definition) is 0. The summed E-state index contributed by atoms with van der Waals surface area (Å²) in [5, 5.41) is 0. The molecule has 2 rings (SSSR count). The molecule has 1 saturated carbocycles. The standard InChI is InChI=1S/C22H35NO/c1-16(2)17(3)24-21-18(11-10-14-20(21)22(4,5)6)15-23-19-12-8-7-9-13-19/h10-11,14-17,19H,7-9,12-13H2,1-6H3/t17-/m1/s1. The second kappa shape index (κ2) is 8.18. The van der Waals surface area contributed by atoms with Crippen molar-refractivity contribution >= 4 is 6.21 Å². The van der Waals surface area contributed by atoms with Gasteiger partial charge in [-0.2, -0.15) is 0 Å². The summed E-state index contributed by atoms with van der Waals surface area (Å²) in [6, 6.07) is 6.97. The maximum atomic E-state index is 6.41. The molecule has 1 aromatic carbocycles. The van der Waals surface area contributed by atoms with Gasteiger partial charge in [0.05, 0.1) is 6.10 Å². The van der Waals surface area contributed by atoms with E-state index in [2.05, 4.69) is 66.0 Å². The maximum Gasteiger partial charge on any atom is 0.132 e. The third-order valence-electron chi connectivity index (χ3n) is 5.10. The first-order valence-corrected chi connectivity index (χ1v) is 9.62. The van der Waals surface area contributed by atoms with Gasteiger partial charge in [0.2, 0.25) is 0 Å². The highest BCUT2D eigenvalue weighted by Gasteiger charge is 2.23. The number of ether oxygens (including phenoxy) is 1. The second-order valence-corrected chi connectivity index (χ2v) is 8.61. The molecule has 0 saturated heterocycles. The first-order chi connectivity index (χ1) is 11.3. The number of aliphatic imine (C=N–C) groups is 1. The Morgan fingerprint density at radius 3 is 2.33 bits per heavy atom. The van der Waals surface area contributed by atoms with Crippen LogP contribution in [0, 0.1) is 5.92 Å². The summed E-state index contributed by atoms with van der Waals surface area (Å²) >= 11 is 0. The molecule has 0 spiro atoms. The Bertz CT molecular complexity index is 548. The minimum atomic E-state index is 0.0563. The van der Waals surface area contributed by atoms with E-state index >= 15 is 0 Å².